The summed E-state index contributed by atoms with van der Waals surface area (Å²) in [5.74, 6) is 0. The monoisotopic (exact) mass is 231 g/mol. The van der Waals surface area contributed by atoms with E-state index >= 15 is 0 Å². The van der Waals surface area contributed by atoms with Crippen LogP contribution in [0, 0.1) is 0 Å². The zero-order valence-electron chi connectivity index (χ0n) is 10.9. The van der Waals surface area contributed by atoms with Crippen LogP contribution in [-0.2, 0) is 6.54 Å². The van der Waals surface area contributed by atoms with Crippen molar-refractivity contribution in [2.45, 2.75) is 45.7 Å². The van der Waals surface area contributed by atoms with E-state index in [1.54, 1.807) is 0 Å². The van der Waals surface area contributed by atoms with Crippen LogP contribution in [0.2, 0.25) is 0 Å². The molecule has 0 atom stereocenters. The number of aromatic nitrogens is 2. The molecule has 0 saturated heterocycles. The number of fused-ring (bicyclic) bond motifs is 1. The lowest BCUT2D eigenvalue weighted by Crippen LogP contribution is -2.40. The summed E-state index contributed by atoms with van der Waals surface area (Å²) in [4.78, 5) is 7.51. The maximum atomic E-state index is 4.30. The van der Waals surface area contributed by atoms with Crippen LogP contribution in [-0.4, -0.2) is 15.5 Å². The Bertz CT molecular complexity index is 483. The Morgan fingerprint density at radius 2 is 2.12 bits per heavy atom. The van der Waals surface area contributed by atoms with Gasteiger partial charge >= 0.3 is 0 Å². The summed E-state index contributed by atoms with van der Waals surface area (Å²) >= 11 is 0. The Morgan fingerprint density at radius 3 is 2.82 bits per heavy atom. The fourth-order valence-corrected chi connectivity index (χ4v) is 1.97. The van der Waals surface area contributed by atoms with E-state index in [-0.39, 0.29) is 5.54 Å². The van der Waals surface area contributed by atoms with E-state index < -0.39 is 0 Å². The van der Waals surface area contributed by atoms with Gasteiger partial charge in [0.25, 0.3) is 0 Å². The maximum Gasteiger partial charge on any atom is 0.137 e. The van der Waals surface area contributed by atoms with Gasteiger partial charge in [0, 0.05) is 29.9 Å². The molecule has 0 aliphatic heterocycles. The quantitative estimate of drug-likeness (QED) is 0.829. The first-order valence-electron chi connectivity index (χ1n) is 6.34. The van der Waals surface area contributed by atoms with E-state index in [4.69, 9.17) is 0 Å². The average Bonchev–Trinajstić information content (AvgIpc) is 2.79. The van der Waals surface area contributed by atoms with Crippen molar-refractivity contribution in [3.8, 4) is 0 Å². The van der Waals surface area contributed by atoms with Crippen molar-refractivity contribution in [2.24, 2.45) is 0 Å². The summed E-state index contributed by atoms with van der Waals surface area (Å²) in [6.07, 6.45) is 6.16. The lowest BCUT2D eigenvalue weighted by molar-refractivity contribution is 0.330. The van der Waals surface area contributed by atoms with Gasteiger partial charge in [0.05, 0.1) is 0 Å². The summed E-state index contributed by atoms with van der Waals surface area (Å²) in [5.41, 5.74) is 2.49. The number of hydrogen-bond acceptors (Lipinski definition) is 2. The molecular weight excluding hydrogens is 210 g/mol. The van der Waals surface area contributed by atoms with Crippen molar-refractivity contribution in [3.63, 3.8) is 0 Å². The van der Waals surface area contributed by atoms with E-state index in [1.807, 2.05) is 12.3 Å². The number of aromatic amines is 1. The molecule has 17 heavy (non-hydrogen) atoms. The van der Waals surface area contributed by atoms with E-state index in [2.05, 4.69) is 48.3 Å². The number of nitrogens with zero attached hydrogens (tertiary/aromatic N) is 1. The molecule has 0 radical (unpaired) electrons. The average molecular weight is 231 g/mol. The van der Waals surface area contributed by atoms with Gasteiger partial charge in [0.1, 0.15) is 5.65 Å². The smallest absolute Gasteiger partial charge is 0.137 e. The van der Waals surface area contributed by atoms with Gasteiger partial charge in [-0.2, -0.15) is 0 Å². The van der Waals surface area contributed by atoms with Gasteiger partial charge in [0.15, 0.2) is 0 Å². The van der Waals surface area contributed by atoms with Crippen molar-refractivity contribution < 1.29 is 0 Å². The van der Waals surface area contributed by atoms with Crippen molar-refractivity contribution >= 4 is 11.0 Å². The molecule has 0 bridgehead atoms. The van der Waals surface area contributed by atoms with E-state index in [1.165, 1.54) is 10.9 Å². The highest BCUT2D eigenvalue weighted by atomic mass is 15.0. The lowest BCUT2D eigenvalue weighted by Gasteiger charge is -2.28. The third kappa shape index (κ3) is 2.50. The Morgan fingerprint density at radius 1 is 1.35 bits per heavy atom. The lowest BCUT2D eigenvalue weighted by atomic mass is 9.95. The number of hydrogen-bond donors (Lipinski definition) is 2. The number of H-pyrrole nitrogens is 1. The van der Waals surface area contributed by atoms with Crippen molar-refractivity contribution in [3.05, 3.63) is 30.1 Å². The summed E-state index contributed by atoms with van der Waals surface area (Å²) in [5, 5.41) is 4.86. The van der Waals surface area contributed by atoms with Gasteiger partial charge in [-0.05, 0) is 37.5 Å². The minimum absolute atomic E-state index is 0.228. The minimum Gasteiger partial charge on any atom is -0.346 e. The standard InChI is InChI=1S/C14H21N3/c1-4-14(3,5-2)17-10-11-9-16-13-12(11)7-6-8-15-13/h6-9,17H,4-5,10H2,1-3H3,(H,15,16). The van der Waals surface area contributed by atoms with Gasteiger partial charge in [-0.3, -0.25) is 0 Å². The van der Waals surface area contributed by atoms with Crippen LogP contribution >= 0.6 is 0 Å². The molecule has 3 heteroatoms. The van der Waals surface area contributed by atoms with E-state index in [9.17, 15) is 0 Å². The van der Waals surface area contributed by atoms with Crippen LogP contribution in [0.15, 0.2) is 24.5 Å². The zero-order chi connectivity index (χ0) is 12.3. The van der Waals surface area contributed by atoms with E-state index in [0.29, 0.717) is 0 Å². The predicted molar refractivity (Wildman–Crippen MR) is 71.9 cm³/mol. The molecule has 2 N–H and O–H groups in total. The molecule has 3 nitrogen and oxygen atoms in total. The van der Waals surface area contributed by atoms with Crippen LogP contribution in [0.5, 0.6) is 0 Å². The van der Waals surface area contributed by atoms with Crippen LogP contribution < -0.4 is 5.32 Å². The highest BCUT2D eigenvalue weighted by Gasteiger charge is 2.18. The molecule has 2 aromatic rings. The topological polar surface area (TPSA) is 40.7 Å². The van der Waals surface area contributed by atoms with Gasteiger partial charge in [0.2, 0.25) is 0 Å². The molecule has 92 valence electrons. The summed E-state index contributed by atoms with van der Waals surface area (Å²) in [6.45, 7) is 7.63. The molecule has 2 aromatic heterocycles. The first-order valence-corrected chi connectivity index (χ1v) is 6.34. The maximum absolute atomic E-state index is 4.30. The van der Waals surface area contributed by atoms with Gasteiger partial charge in [-0.1, -0.05) is 13.8 Å². The molecule has 2 rings (SSSR count). The zero-order valence-corrected chi connectivity index (χ0v) is 10.9. The molecule has 0 fully saturated rings. The van der Waals surface area contributed by atoms with Crippen LogP contribution in [0.25, 0.3) is 11.0 Å². The SMILES string of the molecule is CCC(C)(CC)NCc1c[nH]c2ncccc12. The van der Waals surface area contributed by atoms with Crippen LogP contribution in [0.3, 0.4) is 0 Å². The summed E-state index contributed by atoms with van der Waals surface area (Å²) in [6, 6.07) is 4.10. The Labute approximate surface area is 103 Å². The molecule has 0 spiro atoms. The van der Waals surface area contributed by atoms with Gasteiger partial charge in [-0.15, -0.1) is 0 Å². The first kappa shape index (κ1) is 12.1. The molecule has 0 amide bonds. The first-order chi connectivity index (χ1) is 8.18. The van der Waals surface area contributed by atoms with Crippen molar-refractivity contribution in [2.75, 3.05) is 0 Å². The highest BCUT2D eigenvalue weighted by molar-refractivity contribution is 5.79. The Hall–Kier alpha value is -1.35. The molecule has 0 aliphatic carbocycles. The molecule has 0 unspecified atom stereocenters. The minimum atomic E-state index is 0.228. The third-order valence-corrected chi connectivity index (χ3v) is 3.80. The highest BCUT2D eigenvalue weighted by Crippen LogP contribution is 2.18. The second kappa shape index (κ2) is 4.88. The Kier molecular flexibility index (Phi) is 3.48. The molecule has 0 aromatic carbocycles. The number of pyridine rings is 1. The second-order valence-corrected chi connectivity index (χ2v) is 4.83. The van der Waals surface area contributed by atoms with Crippen LogP contribution in [0.1, 0.15) is 39.2 Å². The normalized spacial score (nSPS) is 12.2. The Balaban J connectivity index is 2.14. The van der Waals surface area contributed by atoms with Crippen LogP contribution in [0.4, 0.5) is 0 Å². The largest absolute Gasteiger partial charge is 0.346 e. The number of nitrogens with one attached hydrogen (secondary N) is 2. The van der Waals surface area contributed by atoms with Crippen molar-refractivity contribution in [1.29, 1.82) is 0 Å². The van der Waals surface area contributed by atoms with Gasteiger partial charge < -0.3 is 10.3 Å². The van der Waals surface area contributed by atoms with Gasteiger partial charge in [-0.25, -0.2) is 4.98 Å². The predicted octanol–water partition coefficient (Wildman–Crippen LogP) is 3.23. The summed E-state index contributed by atoms with van der Waals surface area (Å²) in [7, 11) is 0. The van der Waals surface area contributed by atoms with E-state index in [0.717, 1.165) is 25.0 Å². The summed E-state index contributed by atoms with van der Waals surface area (Å²) < 4.78 is 0. The third-order valence-electron chi connectivity index (χ3n) is 3.80. The molecule has 0 aliphatic rings. The van der Waals surface area contributed by atoms with Crippen molar-refractivity contribution in [1.82, 2.24) is 15.3 Å². The second-order valence-electron chi connectivity index (χ2n) is 4.83. The molecule has 0 saturated carbocycles. The molecule has 2 heterocycles. The fraction of sp³-hybridized carbons (Fsp3) is 0.500. The molecular formula is C14H21N3. The number of rotatable bonds is 5. The fourth-order valence-electron chi connectivity index (χ4n) is 1.97.